The predicted molar refractivity (Wildman–Crippen MR) is 136 cm³/mol. The molecule has 8 heteroatoms. The van der Waals surface area contributed by atoms with Crippen LogP contribution in [0.5, 0.6) is 0 Å². The molecule has 1 aliphatic heterocycles. The third kappa shape index (κ3) is 7.16. The summed E-state index contributed by atoms with van der Waals surface area (Å²) >= 11 is 0. The summed E-state index contributed by atoms with van der Waals surface area (Å²) < 4.78 is 19.4. The number of guanidine groups is 1. The molecular weight excluding hydrogens is 522 g/mol. The van der Waals surface area contributed by atoms with E-state index in [1.54, 1.807) is 18.2 Å². The molecule has 0 spiro atoms. The molecule has 0 saturated carbocycles. The number of rotatable bonds is 6. The van der Waals surface area contributed by atoms with Gasteiger partial charge in [-0.05, 0) is 56.2 Å². The predicted octanol–water partition coefficient (Wildman–Crippen LogP) is 4.12. The van der Waals surface area contributed by atoms with E-state index < -0.39 is 0 Å². The largest absolute Gasteiger partial charge is 0.367 e. The van der Waals surface area contributed by atoms with Crippen molar-refractivity contribution >= 4 is 35.8 Å². The van der Waals surface area contributed by atoms with Gasteiger partial charge in [-0.1, -0.05) is 24.3 Å². The number of morpholine rings is 1. The highest BCUT2D eigenvalue weighted by atomic mass is 127. The van der Waals surface area contributed by atoms with Gasteiger partial charge >= 0.3 is 0 Å². The van der Waals surface area contributed by atoms with E-state index in [0.717, 1.165) is 23.6 Å². The summed E-state index contributed by atoms with van der Waals surface area (Å²) in [6, 6.07) is 14.0. The van der Waals surface area contributed by atoms with Gasteiger partial charge in [0, 0.05) is 25.2 Å². The maximum absolute atomic E-state index is 13.3. The van der Waals surface area contributed by atoms with Gasteiger partial charge < -0.3 is 20.3 Å². The van der Waals surface area contributed by atoms with E-state index in [1.165, 1.54) is 12.1 Å². The van der Waals surface area contributed by atoms with Crippen molar-refractivity contribution < 1.29 is 13.9 Å². The summed E-state index contributed by atoms with van der Waals surface area (Å²) in [6.45, 7) is 9.10. The number of hydrogen-bond acceptors (Lipinski definition) is 3. The van der Waals surface area contributed by atoms with Crippen LogP contribution >= 0.6 is 24.0 Å². The molecule has 2 aromatic carbocycles. The molecule has 2 unspecified atom stereocenters. The Bertz CT molecular complexity index is 907. The van der Waals surface area contributed by atoms with Crippen LogP contribution in [0.4, 0.5) is 4.39 Å². The van der Waals surface area contributed by atoms with Gasteiger partial charge in [0.25, 0.3) is 5.91 Å². The number of amides is 1. The molecule has 32 heavy (non-hydrogen) atoms. The van der Waals surface area contributed by atoms with Crippen LogP contribution in [-0.2, 0) is 11.3 Å². The lowest BCUT2D eigenvalue weighted by Gasteiger charge is -2.38. The smallest absolute Gasteiger partial charge is 0.251 e. The Balaban J connectivity index is 0.00000363. The van der Waals surface area contributed by atoms with Crippen molar-refractivity contribution in [2.45, 2.75) is 39.5 Å². The number of hydrogen-bond donors (Lipinski definition) is 2. The summed E-state index contributed by atoms with van der Waals surface area (Å²) in [5.41, 5.74) is 2.55. The number of ether oxygens (including phenoxy) is 1. The third-order valence-corrected chi connectivity index (χ3v) is 5.07. The molecule has 1 fully saturated rings. The van der Waals surface area contributed by atoms with E-state index >= 15 is 0 Å². The van der Waals surface area contributed by atoms with Gasteiger partial charge in [0.1, 0.15) is 11.9 Å². The quantitative estimate of drug-likeness (QED) is 0.321. The molecule has 174 valence electrons. The van der Waals surface area contributed by atoms with Crippen molar-refractivity contribution in [2.75, 3.05) is 26.2 Å². The Morgan fingerprint density at radius 1 is 1.12 bits per heavy atom. The zero-order valence-electron chi connectivity index (χ0n) is 18.8. The molecular formula is C24H32FIN4O2. The lowest BCUT2D eigenvalue weighted by Crippen LogP contribution is -2.50. The minimum Gasteiger partial charge on any atom is -0.367 e. The van der Waals surface area contributed by atoms with E-state index in [2.05, 4.69) is 15.5 Å². The summed E-state index contributed by atoms with van der Waals surface area (Å²) in [6.07, 6.45) is -0.150. The number of aliphatic imine (C=N–C) groups is 1. The number of nitrogens with zero attached hydrogens (tertiary/aromatic N) is 2. The van der Waals surface area contributed by atoms with Gasteiger partial charge in [-0.15, -0.1) is 24.0 Å². The molecule has 1 heterocycles. The van der Waals surface area contributed by atoms with Crippen LogP contribution in [0.3, 0.4) is 0 Å². The lowest BCUT2D eigenvalue weighted by atomic mass is 10.1. The van der Waals surface area contributed by atoms with Gasteiger partial charge in [0.2, 0.25) is 0 Å². The number of carbonyl (C=O) groups excluding carboxylic acids is 1. The monoisotopic (exact) mass is 554 g/mol. The van der Waals surface area contributed by atoms with Gasteiger partial charge in [-0.25, -0.2) is 9.38 Å². The van der Waals surface area contributed by atoms with E-state index in [0.29, 0.717) is 31.7 Å². The first kappa shape index (κ1) is 26.1. The number of halogens is 2. The van der Waals surface area contributed by atoms with Crippen LogP contribution in [0.25, 0.3) is 0 Å². The molecule has 1 saturated heterocycles. The molecule has 2 N–H and O–H groups in total. The van der Waals surface area contributed by atoms with Crippen molar-refractivity contribution in [3.05, 3.63) is 71.0 Å². The fourth-order valence-corrected chi connectivity index (χ4v) is 3.65. The maximum atomic E-state index is 13.3. The summed E-state index contributed by atoms with van der Waals surface area (Å²) in [7, 11) is 0. The van der Waals surface area contributed by atoms with Gasteiger partial charge in [0.05, 0.1) is 19.2 Å². The Morgan fingerprint density at radius 3 is 2.53 bits per heavy atom. The van der Waals surface area contributed by atoms with Crippen molar-refractivity contribution in [1.82, 2.24) is 15.5 Å². The van der Waals surface area contributed by atoms with Crippen molar-refractivity contribution in [3.8, 4) is 0 Å². The second-order valence-corrected chi connectivity index (χ2v) is 7.62. The molecule has 0 radical (unpaired) electrons. The van der Waals surface area contributed by atoms with Crippen LogP contribution in [-0.4, -0.2) is 49.0 Å². The van der Waals surface area contributed by atoms with Crippen LogP contribution in [0, 0.1) is 5.82 Å². The van der Waals surface area contributed by atoms with E-state index in [9.17, 15) is 9.18 Å². The minimum atomic E-state index is -0.255. The molecule has 0 bridgehead atoms. The molecule has 1 aliphatic rings. The molecule has 2 atom stereocenters. The maximum Gasteiger partial charge on any atom is 0.251 e. The summed E-state index contributed by atoms with van der Waals surface area (Å²) in [5.74, 6) is 0.465. The first-order valence-corrected chi connectivity index (χ1v) is 10.8. The van der Waals surface area contributed by atoms with Crippen LogP contribution in [0.1, 0.15) is 48.4 Å². The van der Waals surface area contributed by atoms with Gasteiger partial charge in [-0.2, -0.15) is 0 Å². The molecule has 2 aromatic rings. The average Bonchev–Trinajstić information content (AvgIpc) is 2.77. The summed E-state index contributed by atoms with van der Waals surface area (Å²) in [5, 5.41) is 6.18. The fourth-order valence-electron chi connectivity index (χ4n) is 3.65. The molecule has 0 aliphatic carbocycles. The van der Waals surface area contributed by atoms with E-state index in [4.69, 9.17) is 9.73 Å². The Morgan fingerprint density at radius 2 is 1.84 bits per heavy atom. The fraction of sp³-hybridized carbons (Fsp3) is 0.417. The molecule has 6 nitrogen and oxygen atoms in total. The zero-order valence-corrected chi connectivity index (χ0v) is 21.1. The third-order valence-electron chi connectivity index (χ3n) is 5.07. The normalized spacial score (nSPS) is 18.6. The average molecular weight is 554 g/mol. The topological polar surface area (TPSA) is 66.0 Å². The summed E-state index contributed by atoms with van der Waals surface area (Å²) in [4.78, 5) is 19.1. The Labute approximate surface area is 206 Å². The van der Waals surface area contributed by atoms with E-state index in [1.807, 2.05) is 39.0 Å². The number of nitrogens with one attached hydrogen (secondary N) is 2. The minimum absolute atomic E-state index is 0. The Kier molecular flexibility index (Phi) is 10.4. The van der Waals surface area contributed by atoms with Crippen LogP contribution in [0.15, 0.2) is 53.5 Å². The second-order valence-electron chi connectivity index (χ2n) is 7.62. The first-order valence-electron chi connectivity index (χ1n) is 10.8. The van der Waals surface area contributed by atoms with E-state index in [-0.39, 0.29) is 47.9 Å². The number of carbonyl (C=O) groups is 1. The molecule has 0 aromatic heterocycles. The van der Waals surface area contributed by atoms with Crippen molar-refractivity contribution in [3.63, 3.8) is 0 Å². The van der Waals surface area contributed by atoms with Crippen molar-refractivity contribution in [2.24, 2.45) is 4.99 Å². The first-order chi connectivity index (χ1) is 15.0. The molecule has 1 amide bonds. The zero-order chi connectivity index (χ0) is 22.2. The second kappa shape index (κ2) is 12.7. The lowest BCUT2D eigenvalue weighted by molar-refractivity contribution is -0.0605. The van der Waals surface area contributed by atoms with Crippen LogP contribution in [0.2, 0.25) is 0 Å². The SMILES string of the molecule is CCNC(=O)c1cccc(CN=C(NCC)N2CC(C)OC(c3ccc(F)cc3)C2)c1.I. The molecule has 3 rings (SSSR count). The highest BCUT2D eigenvalue weighted by molar-refractivity contribution is 14.0. The van der Waals surface area contributed by atoms with Gasteiger partial charge in [-0.3, -0.25) is 4.79 Å². The van der Waals surface area contributed by atoms with Crippen molar-refractivity contribution in [1.29, 1.82) is 0 Å². The highest BCUT2D eigenvalue weighted by Gasteiger charge is 2.28. The van der Waals surface area contributed by atoms with Gasteiger partial charge in [0.15, 0.2) is 5.96 Å². The standard InChI is InChI=1S/C24H31FN4O2.HI/c1-4-26-23(30)20-8-6-7-18(13-20)14-28-24(27-5-2)29-15-17(3)31-22(16-29)19-9-11-21(25)12-10-19;/h6-13,17,22H,4-5,14-16H2,1-3H3,(H,26,30)(H,27,28);1H. The van der Waals surface area contributed by atoms with Crippen LogP contribution < -0.4 is 10.6 Å². The number of benzene rings is 2. The Hall–Kier alpha value is -2.20. The highest BCUT2D eigenvalue weighted by Crippen LogP contribution is 2.25.